The highest BCUT2D eigenvalue weighted by Gasteiger charge is 2.10. The van der Waals surface area contributed by atoms with Crippen LogP contribution in [-0.2, 0) is 14.8 Å². The first kappa shape index (κ1) is 15.8. The highest BCUT2D eigenvalue weighted by molar-refractivity contribution is 7.89. The van der Waals surface area contributed by atoms with Gasteiger partial charge in [-0.3, -0.25) is 0 Å². The number of ether oxygens (including phenoxy) is 1. The van der Waals surface area contributed by atoms with Gasteiger partial charge in [0.1, 0.15) is 6.61 Å². The van der Waals surface area contributed by atoms with E-state index in [0.717, 1.165) is 0 Å². The van der Waals surface area contributed by atoms with Crippen LogP contribution in [-0.4, -0.2) is 41.6 Å². The molecule has 5 nitrogen and oxygen atoms in total. The summed E-state index contributed by atoms with van der Waals surface area (Å²) in [5.74, 6) is 0. The molecule has 1 rings (SSSR count). The summed E-state index contributed by atoms with van der Waals surface area (Å²) in [6.45, 7) is -0.0627. The highest BCUT2D eigenvalue weighted by atomic mass is 32.2. The Bertz CT molecular complexity index is 477. The maximum absolute atomic E-state index is 11.8. The Morgan fingerprint density at radius 1 is 1.26 bits per heavy atom. The third-order valence-corrected chi connectivity index (χ3v) is 3.68. The average molecular weight is 294 g/mol. The van der Waals surface area contributed by atoms with Crippen LogP contribution in [0.1, 0.15) is 0 Å². The van der Waals surface area contributed by atoms with Crippen LogP contribution in [0.5, 0.6) is 0 Å². The molecule has 0 radical (unpaired) electrons. The number of nitrogens with one attached hydrogen (secondary N) is 2. The molecular weight excluding hydrogens is 278 g/mol. The molecule has 0 aliphatic rings. The molecule has 0 saturated carbocycles. The molecule has 0 saturated heterocycles. The van der Waals surface area contributed by atoms with Gasteiger partial charge < -0.3 is 10.1 Å². The molecule has 2 N–H and O–H groups in total. The Balaban J connectivity index is 2.41. The molecule has 19 heavy (non-hydrogen) atoms. The van der Waals surface area contributed by atoms with E-state index in [1.54, 1.807) is 12.1 Å². The van der Waals surface area contributed by atoms with Gasteiger partial charge in [0, 0.05) is 12.2 Å². The monoisotopic (exact) mass is 294 g/mol. The van der Waals surface area contributed by atoms with Gasteiger partial charge in [-0.25, -0.2) is 21.9 Å². The van der Waals surface area contributed by atoms with Crippen LogP contribution in [0.4, 0.5) is 14.5 Å². The van der Waals surface area contributed by atoms with Crippen LogP contribution in [0.25, 0.3) is 0 Å². The van der Waals surface area contributed by atoms with Crippen molar-refractivity contribution >= 4 is 15.7 Å². The second-order valence-corrected chi connectivity index (χ2v) is 5.51. The van der Waals surface area contributed by atoms with Crippen LogP contribution in [0.3, 0.4) is 0 Å². The molecule has 0 unspecified atom stereocenters. The van der Waals surface area contributed by atoms with Crippen LogP contribution in [0.2, 0.25) is 0 Å². The molecule has 1 aromatic carbocycles. The SMILES string of the molecule is CNS(=O)(=O)c1ccc(NCCOCC(F)F)cc1. The number of alkyl halides is 2. The van der Waals surface area contributed by atoms with Crippen molar-refractivity contribution in [3.05, 3.63) is 24.3 Å². The molecule has 8 heteroatoms. The van der Waals surface area contributed by atoms with E-state index in [1.165, 1.54) is 19.2 Å². The van der Waals surface area contributed by atoms with E-state index < -0.39 is 23.1 Å². The van der Waals surface area contributed by atoms with Gasteiger partial charge in [0.2, 0.25) is 10.0 Å². The molecule has 0 amide bonds. The van der Waals surface area contributed by atoms with Gasteiger partial charge in [-0.05, 0) is 31.3 Å². The Kier molecular flexibility index (Phi) is 6.13. The summed E-state index contributed by atoms with van der Waals surface area (Å²) in [4.78, 5) is 0.162. The molecule has 0 fully saturated rings. The Labute approximate surface area is 111 Å². The van der Waals surface area contributed by atoms with Crippen LogP contribution in [0, 0.1) is 0 Å². The minimum absolute atomic E-state index is 0.154. The standard InChI is InChI=1S/C11H16F2N2O3S/c1-14-19(16,17)10-4-2-9(3-5-10)15-6-7-18-8-11(12)13/h2-5,11,14-15H,6-8H2,1H3. The van der Waals surface area contributed by atoms with E-state index >= 15 is 0 Å². The molecule has 0 aliphatic heterocycles. The second kappa shape index (κ2) is 7.37. The van der Waals surface area contributed by atoms with E-state index in [2.05, 4.69) is 10.0 Å². The van der Waals surface area contributed by atoms with Crippen molar-refractivity contribution in [1.82, 2.24) is 4.72 Å². The summed E-state index contributed by atoms with van der Waals surface area (Å²) in [6.07, 6.45) is -2.47. The van der Waals surface area contributed by atoms with Crippen molar-refractivity contribution < 1.29 is 21.9 Å². The Hall–Kier alpha value is -1.25. The first-order chi connectivity index (χ1) is 8.95. The third-order valence-electron chi connectivity index (χ3n) is 2.25. The first-order valence-corrected chi connectivity index (χ1v) is 7.07. The lowest BCUT2D eigenvalue weighted by molar-refractivity contribution is 0.0215. The predicted octanol–water partition coefficient (Wildman–Crippen LogP) is 1.29. The van der Waals surface area contributed by atoms with Crippen molar-refractivity contribution in [1.29, 1.82) is 0 Å². The predicted molar refractivity (Wildman–Crippen MR) is 68.0 cm³/mol. The van der Waals surface area contributed by atoms with Crippen LogP contribution >= 0.6 is 0 Å². The van der Waals surface area contributed by atoms with Gasteiger partial charge >= 0.3 is 0 Å². The smallest absolute Gasteiger partial charge is 0.261 e. The minimum atomic E-state index is -3.44. The quantitative estimate of drug-likeness (QED) is 0.709. The lowest BCUT2D eigenvalue weighted by Gasteiger charge is -2.08. The maximum Gasteiger partial charge on any atom is 0.261 e. The molecule has 0 bridgehead atoms. The highest BCUT2D eigenvalue weighted by Crippen LogP contribution is 2.13. The summed E-state index contributed by atoms with van der Waals surface area (Å²) in [7, 11) is -2.10. The summed E-state index contributed by atoms with van der Waals surface area (Å²) < 4.78 is 53.3. The number of anilines is 1. The first-order valence-electron chi connectivity index (χ1n) is 5.59. The van der Waals surface area contributed by atoms with Crippen LogP contribution in [0.15, 0.2) is 29.2 Å². The number of benzene rings is 1. The van der Waals surface area contributed by atoms with Crippen molar-refractivity contribution in [3.8, 4) is 0 Å². The normalized spacial score (nSPS) is 11.8. The number of hydrogen-bond donors (Lipinski definition) is 2. The Morgan fingerprint density at radius 3 is 2.42 bits per heavy atom. The Morgan fingerprint density at radius 2 is 1.89 bits per heavy atom. The second-order valence-electron chi connectivity index (χ2n) is 3.62. The zero-order chi connectivity index (χ0) is 14.3. The van der Waals surface area contributed by atoms with E-state index in [9.17, 15) is 17.2 Å². The third kappa shape index (κ3) is 5.50. The fraction of sp³-hybridized carbons (Fsp3) is 0.455. The van der Waals surface area contributed by atoms with Crippen molar-refractivity contribution in [2.75, 3.05) is 32.1 Å². The molecular formula is C11H16F2N2O3S. The van der Waals surface area contributed by atoms with E-state index in [4.69, 9.17) is 4.74 Å². The lowest BCUT2D eigenvalue weighted by Crippen LogP contribution is -2.18. The van der Waals surface area contributed by atoms with Gasteiger partial charge in [-0.1, -0.05) is 0 Å². The minimum Gasteiger partial charge on any atom is -0.383 e. The fourth-order valence-electron chi connectivity index (χ4n) is 1.31. The zero-order valence-corrected chi connectivity index (χ0v) is 11.2. The van der Waals surface area contributed by atoms with Gasteiger partial charge in [-0.2, -0.15) is 0 Å². The topological polar surface area (TPSA) is 67.4 Å². The van der Waals surface area contributed by atoms with E-state index in [-0.39, 0.29) is 11.5 Å². The average Bonchev–Trinajstić information content (AvgIpc) is 2.38. The van der Waals surface area contributed by atoms with E-state index in [0.29, 0.717) is 12.2 Å². The molecule has 108 valence electrons. The zero-order valence-electron chi connectivity index (χ0n) is 10.4. The van der Waals surface area contributed by atoms with E-state index in [1.807, 2.05) is 0 Å². The van der Waals surface area contributed by atoms with Crippen molar-refractivity contribution in [2.45, 2.75) is 11.3 Å². The summed E-state index contributed by atoms with van der Waals surface area (Å²) in [5.41, 5.74) is 0.690. The molecule has 0 spiro atoms. The number of rotatable bonds is 8. The number of sulfonamides is 1. The molecule has 0 aromatic heterocycles. The van der Waals surface area contributed by atoms with Gasteiger partial charge in [0.25, 0.3) is 6.43 Å². The number of halogens is 2. The summed E-state index contributed by atoms with van der Waals surface area (Å²) in [6, 6.07) is 6.09. The van der Waals surface area contributed by atoms with Crippen LogP contribution < -0.4 is 10.0 Å². The molecule has 0 aliphatic carbocycles. The summed E-state index contributed by atoms with van der Waals surface area (Å²) in [5, 5.41) is 2.93. The van der Waals surface area contributed by atoms with Crippen molar-refractivity contribution in [2.24, 2.45) is 0 Å². The van der Waals surface area contributed by atoms with Gasteiger partial charge in [0.15, 0.2) is 0 Å². The van der Waals surface area contributed by atoms with Gasteiger partial charge in [-0.15, -0.1) is 0 Å². The fourth-order valence-corrected chi connectivity index (χ4v) is 2.04. The van der Waals surface area contributed by atoms with Crippen molar-refractivity contribution in [3.63, 3.8) is 0 Å². The largest absolute Gasteiger partial charge is 0.383 e. The lowest BCUT2D eigenvalue weighted by atomic mass is 10.3. The molecule has 0 atom stereocenters. The molecule has 1 aromatic rings. The summed E-state index contributed by atoms with van der Waals surface area (Å²) >= 11 is 0. The van der Waals surface area contributed by atoms with Gasteiger partial charge in [0.05, 0.1) is 11.5 Å². The molecule has 0 heterocycles. The maximum atomic E-state index is 11.8. The number of hydrogen-bond acceptors (Lipinski definition) is 4.